The van der Waals surface area contributed by atoms with Crippen LogP contribution in [0, 0.1) is 0 Å². The summed E-state index contributed by atoms with van der Waals surface area (Å²) in [5.41, 5.74) is 2.58. The van der Waals surface area contributed by atoms with E-state index in [1.165, 1.54) is 12.7 Å². The smallest absolute Gasteiger partial charge is 0.350 e. The third-order valence-electron chi connectivity index (χ3n) is 5.87. The van der Waals surface area contributed by atoms with E-state index in [0.717, 1.165) is 5.56 Å². The van der Waals surface area contributed by atoms with E-state index in [-0.39, 0.29) is 6.61 Å². The molecule has 45 heavy (non-hydrogen) atoms. The number of ether oxygens (including phenoxy) is 2. The van der Waals surface area contributed by atoms with Crippen LogP contribution in [0.25, 0.3) is 0 Å². The first-order valence-corrected chi connectivity index (χ1v) is 13.7. The normalized spacial score (nSPS) is 13.3. The molecule has 0 unspecified atom stereocenters. The van der Waals surface area contributed by atoms with Gasteiger partial charge in [-0.25, -0.2) is 4.57 Å². The predicted octanol–water partition coefficient (Wildman–Crippen LogP) is 2.92. The number of nitrogens with zero attached hydrogens (tertiary/aromatic N) is 11. The predicted molar refractivity (Wildman–Crippen MR) is 169 cm³/mol. The number of rotatable bonds is 15. The average Bonchev–Trinajstić information content (AvgIpc) is 3.05. The Bertz CT molecular complexity index is 1750. The van der Waals surface area contributed by atoms with Crippen molar-refractivity contribution in [1.29, 1.82) is 0 Å². The molecule has 15 nitrogen and oxygen atoms in total. The molecule has 3 heterocycles. The van der Waals surface area contributed by atoms with E-state index in [2.05, 4.69) is 52.8 Å². The first-order chi connectivity index (χ1) is 21.9. The number of allylic oxidation sites excluding steroid dienone is 2. The van der Waals surface area contributed by atoms with Crippen molar-refractivity contribution >= 4 is 18.5 Å². The minimum absolute atomic E-state index is 0.00515. The molecule has 3 aromatic heterocycles. The quantitative estimate of drug-likeness (QED) is 0.0513. The molecule has 0 fully saturated rings. The van der Waals surface area contributed by atoms with Crippen LogP contribution in [0.3, 0.4) is 0 Å². The minimum Gasteiger partial charge on any atom is -0.497 e. The van der Waals surface area contributed by atoms with Crippen LogP contribution in [-0.4, -0.2) is 47.7 Å². The summed E-state index contributed by atoms with van der Waals surface area (Å²) >= 11 is 0. The van der Waals surface area contributed by atoms with Crippen molar-refractivity contribution in [2.45, 2.75) is 13.1 Å². The third-order valence-corrected chi connectivity index (χ3v) is 5.87. The summed E-state index contributed by atoms with van der Waals surface area (Å²) in [7, 11) is 6.85. The molecule has 0 atom stereocenters. The van der Waals surface area contributed by atoms with Gasteiger partial charge in [0.1, 0.15) is 18.1 Å². The zero-order chi connectivity index (χ0) is 32.3. The Labute approximate surface area is 260 Å². The molecular formula is C30H37N12O3+. The Morgan fingerprint density at radius 1 is 1.00 bits per heavy atom. The first kappa shape index (κ1) is 33.7. The molecule has 0 aliphatic carbocycles. The standard InChI is InChI=1S/C30H37N12O3/c1-24(36-32-22-34-39-30-20-27(45-5)11-15-41(30)3)18-26(44-4)9-12-31-21-25-10-14-40(2)29(19-25)38-35-23-33-37-28-8-6-7-13-42(28)16-17-43/h6-15,18-20,22-23,31,43H,1,16-17,21H2,2-5H3/q+1/b12-9-,26-18+,34-22+,36-32?,39-30+. The fourth-order valence-electron chi connectivity index (χ4n) is 3.52. The molecule has 15 heteroatoms. The van der Waals surface area contributed by atoms with Crippen molar-refractivity contribution in [2.75, 3.05) is 20.8 Å². The Hall–Kier alpha value is -5.83. The van der Waals surface area contributed by atoms with Gasteiger partial charge in [-0.1, -0.05) is 12.6 Å². The van der Waals surface area contributed by atoms with Crippen molar-refractivity contribution in [3.63, 3.8) is 0 Å². The summed E-state index contributed by atoms with van der Waals surface area (Å²) < 4.78 is 16.0. The maximum Gasteiger partial charge on any atom is 0.350 e. The number of pyridine rings is 3. The molecule has 0 saturated heterocycles. The van der Waals surface area contributed by atoms with Gasteiger partial charge in [-0.15, -0.1) is 25.5 Å². The summed E-state index contributed by atoms with van der Waals surface area (Å²) in [5, 5.41) is 44.6. The number of methoxy groups -OCH3 is 2. The summed E-state index contributed by atoms with van der Waals surface area (Å²) in [4.78, 5) is 0. The molecule has 0 bridgehead atoms. The lowest BCUT2D eigenvalue weighted by Crippen LogP contribution is -2.35. The molecule has 0 aliphatic heterocycles. The second-order valence-electron chi connectivity index (χ2n) is 9.06. The van der Waals surface area contributed by atoms with Crippen LogP contribution < -0.4 is 25.6 Å². The largest absolute Gasteiger partial charge is 0.497 e. The van der Waals surface area contributed by atoms with Crippen molar-refractivity contribution in [3.8, 4) is 5.75 Å². The number of hydrogen-bond acceptors (Lipinski definition) is 10. The van der Waals surface area contributed by atoms with Gasteiger partial charge < -0.3 is 29.0 Å². The average molecular weight is 614 g/mol. The SMILES string of the molecule is C=C(/C=C(\C=C/NCc1ccn(C)c(=NN=CN=Nc2cccc[n+]2CCO)c1)OC)N=N/C=N/N=c1\cc(OC)ccn1C. The number of nitrogens with one attached hydrogen (secondary N) is 1. The zero-order valence-corrected chi connectivity index (χ0v) is 25.7. The van der Waals surface area contributed by atoms with Crippen LogP contribution in [0.1, 0.15) is 5.56 Å². The molecule has 234 valence electrons. The highest BCUT2D eigenvalue weighted by molar-refractivity contribution is 5.54. The van der Waals surface area contributed by atoms with E-state index in [0.29, 0.717) is 47.1 Å². The molecule has 0 saturated carbocycles. The van der Waals surface area contributed by atoms with Crippen LogP contribution in [0.2, 0.25) is 0 Å². The molecule has 3 rings (SSSR count). The van der Waals surface area contributed by atoms with Crippen LogP contribution >= 0.6 is 0 Å². The second-order valence-corrected chi connectivity index (χ2v) is 9.06. The van der Waals surface area contributed by atoms with E-state index in [4.69, 9.17) is 9.47 Å². The third kappa shape index (κ3) is 11.8. The molecular weight excluding hydrogens is 576 g/mol. The molecule has 0 spiro atoms. The Morgan fingerprint density at radius 3 is 2.47 bits per heavy atom. The minimum atomic E-state index is 0.00515. The van der Waals surface area contributed by atoms with Gasteiger partial charge in [0, 0.05) is 57.4 Å². The van der Waals surface area contributed by atoms with E-state index in [9.17, 15) is 5.11 Å². The van der Waals surface area contributed by atoms with E-state index < -0.39 is 0 Å². The number of azo groups is 2. The number of hydrogen-bond donors (Lipinski definition) is 2. The van der Waals surface area contributed by atoms with Crippen molar-refractivity contribution in [2.24, 2.45) is 55.0 Å². The highest BCUT2D eigenvalue weighted by Gasteiger charge is 2.06. The summed E-state index contributed by atoms with van der Waals surface area (Å²) in [6.07, 6.45) is 13.1. The summed E-state index contributed by atoms with van der Waals surface area (Å²) in [5.74, 6) is 1.79. The lowest BCUT2D eigenvalue weighted by molar-refractivity contribution is -0.685. The van der Waals surface area contributed by atoms with Crippen molar-refractivity contribution in [1.82, 2.24) is 14.5 Å². The van der Waals surface area contributed by atoms with Gasteiger partial charge in [-0.3, -0.25) is 0 Å². The van der Waals surface area contributed by atoms with Gasteiger partial charge in [0.25, 0.3) is 0 Å². The molecule has 0 aliphatic rings. The van der Waals surface area contributed by atoms with Gasteiger partial charge >= 0.3 is 5.82 Å². The van der Waals surface area contributed by atoms with Crippen LogP contribution in [-0.2, 0) is 31.9 Å². The van der Waals surface area contributed by atoms with Crippen molar-refractivity contribution in [3.05, 3.63) is 114 Å². The lowest BCUT2D eigenvalue weighted by Gasteiger charge is -2.05. The number of aryl methyl sites for hydroxylation is 2. The second kappa shape index (κ2) is 18.7. The van der Waals surface area contributed by atoms with Gasteiger partial charge in [0.2, 0.25) is 0 Å². The van der Waals surface area contributed by atoms with E-state index in [1.54, 1.807) is 53.8 Å². The van der Waals surface area contributed by atoms with Gasteiger partial charge in [0.15, 0.2) is 23.7 Å². The molecule has 0 radical (unpaired) electrons. The first-order valence-electron chi connectivity index (χ1n) is 13.7. The van der Waals surface area contributed by atoms with Gasteiger partial charge in [-0.2, -0.15) is 5.11 Å². The molecule has 3 aromatic rings. The maximum absolute atomic E-state index is 9.17. The lowest BCUT2D eigenvalue weighted by atomic mass is 10.2. The maximum atomic E-state index is 9.17. The van der Waals surface area contributed by atoms with Crippen LogP contribution in [0.4, 0.5) is 5.82 Å². The Balaban J connectivity index is 1.54. The Kier molecular flexibility index (Phi) is 14.0. The zero-order valence-electron chi connectivity index (χ0n) is 25.7. The van der Waals surface area contributed by atoms with Crippen LogP contribution in [0.5, 0.6) is 5.75 Å². The number of aliphatic hydroxyl groups excluding tert-OH is 1. The van der Waals surface area contributed by atoms with E-state index >= 15 is 0 Å². The fourth-order valence-corrected chi connectivity index (χ4v) is 3.52. The Morgan fingerprint density at radius 2 is 1.73 bits per heavy atom. The highest BCUT2D eigenvalue weighted by atomic mass is 16.5. The summed E-state index contributed by atoms with van der Waals surface area (Å²) in [6, 6.07) is 12.9. The molecule has 0 aromatic carbocycles. The van der Waals surface area contributed by atoms with Crippen molar-refractivity contribution < 1.29 is 19.1 Å². The highest BCUT2D eigenvalue weighted by Crippen LogP contribution is 2.06. The topological polar surface area (TPSA) is 163 Å². The number of aliphatic hydroxyl groups is 1. The van der Waals surface area contributed by atoms with Gasteiger partial charge in [-0.05, 0) is 41.0 Å². The van der Waals surface area contributed by atoms with Gasteiger partial charge in [0.05, 0.1) is 37.8 Å². The molecule has 0 amide bonds. The number of aromatic nitrogens is 3. The van der Waals surface area contributed by atoms with E-state index in [1.807, 2.05) is 67.6 Å². The fraction of sp³-hybridized carbons (Fsp3) is 0.233. The monoisotopic (exact) mass is 613 g/mol. The molecule has 2 N–H and O–H groups in total. The van der Waals surface area contributed by atoms with Crippen LogP contribution in [0.15, 0.2) is 138 Å². The summed E-state index contributed by atoms with van der Waals surface area (Å²) in [6.45, 7) is 4.82.